The van der Waals surface area contributed by atoms with Crippen molar-refractivity contribution < 1.29 is 14.3 Å². The van der Waals surface area contributed by atoms with E-state index in [1.54, 1.807) is 12.1 Å². The van der Waals surface area contributed by atoms with E-state index >= 15 is 0 Å². The smallest absolute Gasteiger partial charge is 0.328 e. The van der Waals surface area contributed by atoms with Gasteiger partial charge in [-0.2, -0.15) is 5.26 Å². The minimum atomic E-state index is -0.816. The summed E-state index contributed by atoms with van der Waals surface area (Å²) in [6, 6.07) is 14.2. The first-order chi connectivity index (χ1) is 10.7. The quantitative estimate of drug-likeness (QED) is 0.859. The molecule has 2 rings (SSSR count). The van der Waals surface area contributed by atoms with Crippen molar-refractivity contribution >= 4 is 22.6 Å². The second kappa shape index (κ2) is 7.23. The summed E-state index contributed by atoms with van der Waals surface area (Å²) in [5.74, 6) is -0.913. The largest absolute Gasteiger partial charge is 0.467 e. The van der Waals surface area contributed by atoms with Crippen molar-refractivity contribution in [2.45, 2.75) is 18.9 Å². The van der Waals surface area contributed by atoms with Gasteiger partial charge in [-0.25, -0.2) is 4.79 Å². The van der Waals surface area contributed by atoms with Crippen molar-refractivity contribution in [1.82, 2.24) is 5.32 Å². The molecule has 0 unspecified atom stereocenters. The highest BCUT2D eigenvalue weighted by atomic mass is 16.5. The average Bonchev–Trinajstić information content (AvgIpc) is 2.57. The van der Waals surface area contributed by atoms with Gasteiger partial charge in [0.1, 0.15) is 6.04 Å². The fraction of sp³-hybridized carbons (Fsp3) is 0.235. The van der Waals surface area contributed by atoms with Gasteiger partial charge in [-0.05, 0) is 29.3 Å². The van der Waals surface area contributed by atoms with Gasteiger partial charge >= 0.3 is 5.97 Å². The first-order valence-corrected chi connectivity index (χ1v) is 6.90. The molecule has 1 atom stereocenters. The number of methoxy groups -OCH3 is 1. The van der Waals surface area contributed by atoms with E-state index in [0.717, 1.165) is 10.8 Å². The molecular formula is C17H16N2O3. The SMILES string of the molecule is COC(=O)[C@H](CCC#N)NC(=O)c1ccc2ccccc2c1. The maximum atomic E-state index is 12.3. The lowest BCUT2D eigenvalue weighted by molar-refractivity contribution is -0.143. The lowest BCUT2D eigenvalue weighted by Gasteiger charge is -2.15. The third-order valence-electron chi connectivity index (χ3n) is 3.35. The van der Waals surface area contributed by atoms with Crippen molar-refractivity contribution in [3.63, 3.8) is 0 Å². The second-order valence-electron chi connectivity index (χ2n) is 4.81. The Morgan fingerprint density at radius 2 is 1.95 bits per heavy atom. The highest BCUT2D eigenvalue weighted by Crippen LogP contribution is 2.16. The van der Waals surface area contributed by atoms with Gasteiger partial charge < -0.3 is 10.1 Å². The van der Waals surface area contributed by atoms with Gasteiger partial charge in [-0.1, -0.05) is 30.3 Å². The van der Waals surface area contributed by atoms with Crippen LogP contribution in [0.15, 0.2) is 42.5 Å². The number of amides is 1. The van der Waals surface area contributed by atoms with Gasteiger partial charge in [0.05, 0.1) is 13.2 Å². The van der Waals surface area contributed by atoms with Crippen LogP contribution >= 0.6 is 0 Å². The van der Waals surface area contributed by atoms with Crippen LogP contribution in [0.3, 0.4) is 0 Å². The molecule has 0 fully saturated rings. The lowest BCUT2D eigenvalue weighted by Crippen LogP contribution is -2.41. The van der Waals surface area contributed by atoms with Crippen molar-refractivity contribution in [3.05, 3.63) is 48.0 Å². The zero-order valence-electron chi connectivity index (χ0n) is 12.2. The van der Waals surface area contributed by atoms with E-state index in [4.69, 9.17) is 5.26 Å². The van der Waals surface area contributed by atoms with Gasteiger partial charge in [-0.3, -0.25) is 4.79 Å². The van der Waals surface area contributed by atoms with Crippen LogP contribution in [0.5, 0.6) is 0 Å². The van der Waals surface area contributed by atoms with Crippen LogP contribution in [-0.4, -0.2) is 25.0 Å². The summed E-state index contributed by atoms with van der Waals surface area (Å²) in [6.45, 7) is 0. The molecule has 0 saturated heterocycles. The number of nitrogens with zero attached hydrogens (tertiary/aromatic N) is 1. The van der Waals surface area contributed by atoms with E-state index in [2.05, 4.69) is 10.1 Å². The average molecular weight is 296 g/mol. The molecule has 0 aliphatic heterocycles. The molecular weight excluding hydrogens is 280 g/mol. The summed E-state index contributed by atoms with van der Waals surface area (Å²) in [7, 11) is 1.25. The van der Waals surface area contributed by atoms with Crippen LogP contribution in [0.4, 0.5) is 0 Å². The molecule has 0 aliphatic carbocycles. The fourth-order valence-electron chi connectivity index (χ4n) is 2.17. The van der Waals surface area contributed by atoms with Gasteiger partial charge in [0.2, 0.25) is 0 Å². The molecule has 0 spiro atoms. The van der Waals surface area contributed by atoms with Crippen molar-refractivity contribution in [2.24, 2.45) is 0 Å². The Kier molecular flexibility index (Phi) is 5.10. The molecule has 2 aromatic carbocycles. The highest BCUT2D eigenvalue weighted by Gasteiger charge is 2.21. The number of esters is 1. The number of hydrogen-bond acceptors (Lipinski definition) is 4. The Bertz CT molecular complexity index is 734. The van der Waals surface area contributed by atoms with Crippen LogP contribution in [0.2, 0.25) is 0 Å². The van der Waals surface area contributed by atoms with Crippen molar-refractivity contribution in [2.75, 3.05) is 7.11 Å². The number of ether oxygens (including phenoxy) is 1. The normalized spacial score (nSPS) is 11.5. The fourth-order valence-corrected chi connectivity index (χ4v) is 2.17. The molecule has 0 saturated carbocycles. The maximum absolute atomic E-state index is 12.3. The van der Waals surface area contributed by atoms with Crippen molar-refractivity contribution in [3.8, 4) is 6.07 Å². The molecule has 0 aromatic heterocycles. The number of benzene rings is 2. The molecule has 2 aromatic rings. The van der Waals surface area contributed by atoms with E-state index in [9.17, 15) is 9.59 Å². The van der Waals surface area contributed by atoms with Crippen LogP contribution in [0, 0.1) is 11.3 Å². The van der Waals surface area contributed by atoms with E-state index in [-0.39, 0.29) is 18.7 Å². The van der Waals surface area contributed by atoms with Crippen molar-refractivity contribution in [1.29, 1.82) is 5.26 Å². The van der Waals surface area contributed by atoms with E-state index in [1.807, 2.05) is 36.4 Å². The van der Waals surface area contributed by atoms with Gasteiger partial charge in [0, 0.05) is 12.0 Å². The topological polar surface area (TPSA) is 79.2 Å². The molecule has 0 bridgehead atoms. The van der Waals surface area contributed by atoms with Crippen LogP contribution in [-0.2, 0) is 9.53 Å². The molecule has 5 heteroatoms. The van der Waals surface area contributed by atoms with E-state index in [0.29, 0.717) is 5.56 Å². The van der Waals surface area contributed by atoms with Gasteiger partial charge in [0.15, 0.2) is 0 Å². The minimum Gasteiger partial charge on any atom is -0.467 e. The first-order valence-electron chi connectivity index (χ1n) is 6.90. The maximum Gasteiger partial charge on any atom is 0.328 e. The number of nitrogens with one attached hydrogen (secondary N) is 1. The van der Waals surface area contributed by atoms with Crippen LogP contribution in [0.25, 0.3) is 10.8 Å². The summed E-state index contributed by atoms with van der Waals surface area (Å²) < 4.78 is 4.65. The van der Waals surface area contributed by atoms with Gasteiger partial charge in [-0.15, -0.1) is 0 Å². The molecule has 5 nitrogen and oxygen atoms in total. The number of carbonyl (C=O) groups is 2. The second-order valence-corrected chi connectivity index (χ2v) is 4.81. The molecule has 22 heavy (non-hydrogen) atoms. The number of rotatable bonds is 5. The van der Waals surface area contributed by atoms with E-state index < -0.39 is 12.0 Å². The predicted molar refractivity (Wildman–Crippen MR) is 82.1 cm³/mol. The summed E-state index contributed by atoms with van der Waals surface area (Å²) in [4.78, 5) is 23.9. The summed E-state index contributed by atoms with van der Waals surface area (Å²) >= 11 is 0. The summed E-state index contributed by atoms with van der Waals surface area (Å²) in [5, 5.41) is 13.2. The molecule has 1 amide bonds. The van der Waals surface area contributed by atoms with Gasteiger partial charge in [0.25, 0.3) is 5.91 Å². The Labute approximate surface area is 128 Å². The zero-order chi connectivity index (χ0) is 15.9. The zero-order valence-corrected chi connectivity index (χ0v) is 12.2. The monoisotopic (exact) mass is 296 g/mol. The summed E-state index contributed by atoms with van der Waals surface area (Å²) in [6.07, 6.45) is 0.389. The number of nitriles is 1. The molecule has 0 radical (unpaired) electrons. The molecule has 1 N–H and O–H groups in total. The lowest BCUT2D eigenvalue weighted by atomic mass is 10.1. The molecule has 0 heterocycles. The Morgan fingerprint density at radius 3 is 2.64 bits per heavy atom. The van der Waals surface area contributed by atoms with E-state index in [1.165, 1.54) is 7.11 Å². The third-order valence-corrected chi connectivity index (χ3v) is 3.35. The van der Waals surface area contributed by atoms with Crippen LogP contribution in [0.1, 0.15) is 23.2 Å². The Morgan fingerprint density at radius 1 is 1.23 bits per heavy atom. The van der Waals surface area contributed by atoms with Crippen LogP contribution < -0.4 is 5.32 Å². The standard InChI is InChI=1S/C17H16N2O3/c1-22-17(21)15(7-4-10-18)19-16(20)14-9-8-12-5-2-3-6-13(12)11-14/h2-3,5-6,8-9,11,15H,4,7H2,1H3,(H,19,20)/t15-/m0/s1. The highest BCUT2D eigenvalue weighted by molar-refractivity contribution is 6.00. The number of carbonyl (C=O) groups excluding carboxylic acids is 2. The Balaban J connectivity index is 2.17. The Hall–Kier alpha value is -2.87. The predicted octanol–water partition coefficient (Wildman–Crippen LogP) is 2.41. The summed E-state index contributed by atoms with van der Waals surface area (Å²) in [5.41, 5.74) is 0.463. The number of fused-ring (bicyclic) bond motifs is 1. The first kappa shape index (κ1) is 15.5. The third kappa shape index (κ3) is 3.61. The number of hydrogen-bond donors (Lipinski definition) is 1. The molecule has 0 aliphatic rings. The molecule has 112 valence electrons. The minimum absolute atomic E-state index is 0.164.